The third-order valence-corrected chi connectivity index (χ3v) is 7.26. The van der Waals surface area contributed by atoms with E-state index in [1.165, 1.54) is 12.1 Å². The summed E-state index contributed by atoms with van der Waals surface area (Å²) >= 11 is 3.48. The van der Waals surface area contributed by atoms with E-state index in [9.17, 15) is 9.18 Å². The highest BCUT2D eigenvalue weighted by Crippen LogP contribution is 2.51. The Morgan fingerprint density at radius 2 is 2.00 bits per heavy atom. The van der Waals surface area contributed by atoms with Gasteiger partial charge in [-0.05, 0) is 56.0 Å². The topological polar surface area (TPSA) is 69.5 Å². The second-order valence-corrected chi connectivity index (χ2v) is 9.37. The number of piperazine rings is 1. The number of hydrogen-bond acceptors (Lipinski definition) is 5. The number of nitrogens with zero attached hydrogens (tertiary/aromatic N) is 4. The summed E-state index contributed by atoms with van der Waals surface area (Å²) < 4.78 is 20.6. The largest absolute Gasteiger partial charge is 0.360 e. The first-order valence-corrected chi connectivity index (χ1v) is 11.3. The first kappa shape index (κ1) is 20.4. The fourth-order valence-electron chi connectivity index (χ4n) is 4.83. The van der Waals surface area contributed by atoms with Gasteiger partial charge in [0.2, 0.25) is 5.91 Å². The van der Waals surface area contributed by atoms with Gasteiger partial charge in [0.1, 0.15) is 24.3 Å². The van der Waals surface area contributed by atoms with Crippen LogP contribution in [0.1, 0.15) is 36.8 Å². The highest BCUT2D eigenvalue weighted by atomic mass is 79.9. The van der Waals surface area contributed by atoms with Crippen molar-refractivity contribution in [3.05, 3.63) is 57.9 Å². The van der Waals surface area contributed by atoms with Crippen LogP contribution >= 0.6 is 15.9 Å². The Balaban J connectivity index is 1.23. The van der Waals surface area contributed by atoms with Gasteiger partial charge in [0.05, 0.1) is 11.2 Å². The number of rotatable bonds is 5. The van der Waals surface area contributed by atoms with Gasteiger partial charge in [0.15, 0.2) is 0 Å². The van der Waals surface area contributed by atoms with Gasteiger partial charge in [0.25, 0.3) is 0 Å². The van der Waals surface area contributed by atoms with Crippen molar-refractivity contribution in [2.75, 3.05) is 24.6 Å². The maximum absolute atomic E-state index is 13.7. The summed E-state index contributed by atoms with van der Waals surface area (Å²) in [6.07, 6.45) is 5.19. The molecule has 3 aliphatic rings. The molecule has 0 N–H and O–H groups in total. The SMILES string of the molecule is N#Cc1ccc(N2C3CCC2CN(C(=O)COC2(c4cc(F)ccc4Br)CC2)C3)nc1. The molecule has 2 unspecified atom stereocenters. The maximum atomic E-state index is 13.7. The van der Waals surface area contributed by atoms with Gasteiger partial charge in [-0.2, -0.15) is 5.26 Å². The molecule has 1 saturated carbocycles. The molecule has 1 aliphatic carbocycles. The summed E-state index contributed by atoms with van der Waals surface area (Å²) in [6, 6.07) is 10.8. The zero-order chi connectivity index (χ0) is 21.6. The van der Waals surface area contributed by atoms with E-state index in [-0.39, 0.29) is 30.4 Å². The van der Waals surface area contributed by atoms with Crippen molar-refractivity contribution in [2.45, 2.75) is 43.4 Å². The number of amides is 1. The molecule has 1 aromatic carbocycles. The van der Waals surface area contributed by atoms with Crippen LogP contribution in [0.25, 0.3) is 0 Å². The standard InChI is InChI=1S/C23H22BrFN4O2/c24-20-5-2-16(25)9-19(20)23(7-8-23)31-14-22(30)28-12-17-3-4-18(13-28)29(17)21-6-1-15(10-26)11-27-21/h1-2,5-6,9,11,17-18H,3-4,7-8,12-14H2. The Morgan fingerprint density at radius 3 is 2.61 bits per heavy atom. The minimum Gasteiger partial charge on any atom is -0.360 e. The lowest BCUT2D eigenvalue weighted by atomic mass is 10.1. The van der Waals surface area contributed by atoms with Crippen LogP contribution in [0.15, 0.2) is 41.0 Å². The van der Waals surface area contributed by atoms with Crippen LogP contribution in [0.4, 0.5) is 10.2 Å². The molecule has 2 saturated heterocycles. The third-order valence-electron chi connectivity index (χ3n) is 6.57. The average molecular weight is 485 g/mol. The monoisotopic (exact) mass is 484 g/mol. The van der Waals surface area contributed by atoms with Crippen molar-refractivity contribution in [1.29, 1.82) is 5.26 Å². The molecule has 160 valence electrons. The van der Waals surface area contributed by atoms with E-state index in [0.717, 1.165) is 41.5 Å². The van der Waals surface area contributed by atoms with Gasteiger partial charge in [0, 0.05) is 41.4 Å². The van der Waals surface area contributed by atoms with Crippen molar-refractivity contribution in [3.63, 3.8) is 0 Å². The van der Waals surface area contributed by atoms with Crippen LogP contribution in [0.2, 0.25) is 0 Å². The van der Waals surface area contributed by atoms with E-state index >= 15 is 0 Å². The normalized spacial score (nSPS) is 23.5. The smallest absolute Gasteiger partial charge is 0.248 e. The minimum absolute atomic E-state index is 0.00247. The number of ether oxygens (including phenoxy) is 1. The zero-order valence-electron chi connectivity index (χ0n) is 16.9. The first-order chi connectivity index (χ1) is 15.0. The number of carbonyl (C=O) groups excluding carboxylic acids is 1. The van der Waals surface area contributed by atoms with Crippen LogP contribution in [0.3, 0.4) is 0 Å². The van der Waals surface area contributed by atoms with E-state index < -0.39 is 5.60 Å². The van der Waals surface area contributed by atoms with Gasteiger partial charge < -0.3 is 14.5 Å². The van der Waals surface area contributed by atoms with Gasteiger partial charge in [-0.15, -0.1) is 0 Å². The van der Waals surface area contributed by atoms with E-state index in [1.807, 2.05) is 11.0 Å². The zero-order valence-corrected chi connectivity index (χ0v) is 18.5. The number of fused-ring (bicyclic) bond motifs is 2. The first-order valence-electron chi connectivity index (χ1n) is 10.5. The summed E-state index contributed by atoms with van der Waals surface area (Å²) in [7, 11) is 0. The van der Waals surface area contributed by atoms with Crippen molar-refractivity contribution < 1.29 is 13.9 Å². The van der Waals surface area contributed by atoms with E-state index in [2.05, 4.69) is 31.9 Å². The second kappa shape index (κ2) is 7.88. The molecule has 3 fully saturated rings. The van der Waals surface area contributed by atoms with Crippen molar-refractivity contribution in [1.82, 2.24) is 9.88 Å². The van der Waals surface area contributed by atoms with Gasteiger partial charge in [-0.25, -0.2) is 9.37 Å². The Bertz CT molecular complexity index is 1040. The number of halogens is 2. The number of hydrogen-bond donors (Lipinski definition) is 0. The number of likely N-dealkylation sites (tertiary alicyclic amines) is 1. The summed E-state index contributed by atoms with van der Waals surface area (Å²) in [6.45, 7) is 1.27. The number of nitriles is 1. The molecule has 3 heterocycles. The lowest BCUT2D eigenvalue weighted by Gasteiger charge is -2.41. The summed E-state index contributed by atoms with van der Waals surface area (Å²) in [5.41, 5.74) is 0.752. The van der Waals surface area contributed by atoms with Crippen LogP contribution in [-0.4, -0.2) is 47.6 Å². The number of anilines is 1. The molecule has 1 aromatic heterocycles. The molecule has 8 heteroatoms. The molecule has 2 atom stereocenters. The number of carbonyl (C=O) groups is 1. The molecule has 2 aliphatic heterocycles. The fraction of sp³-hybridized carbons (Fsp3) is 0.435. The molecule has 31 heavy (non-hydrogen) atoms. The molecular weight excluding hydrogens is 463 g/mol. The van der Waals surface area contributed by atoms with Crippen LogP contribution in [0.5, 0.6) is 0 Å². The molecule has 2 bridgehead atoms. The molecule has 1 amide bonds. The number of pyridine rings is 1. The van der Waals surface area contributed by atoms with E-state index in [1.54, 1.807) is 18.3 Å². The second-order valence-electron chi connectivity index (χ2n) is 8.51. The van der Waals surface area contributed by atoms with E-state index in [4.69, 9.17) is 10.00 Å². The van der Waals surface area contributed by atoms with E-state index in [0.29, 0.717) is 18.7 Å². The highest BCUT2D eigenvalue weighted by molar-refractivity contribution is 9.10. The Morgan fingerprint density at radius 1 is 1.26 bits per heavy atom. The lowest BCUT2D eigenvalue weighted by Crippen LogP contribution is -2.56. The number of aromatic nitrogens is 1. The van der Waals surface area contributed by atoms with Crippen molar-refractivity contribution in [2.24, 2.45) is 0 Å². The molecule has 0 spiro atoms. The Hall–Kier alpha value is -2.50. The van der Waals surface area contributed by atoms with Gasteiger partial charge in [-0.3, -0.25) is 4.79 Å². The van der Waals surface area contributed by atoms with Gasteiger partial charge >= 0.3 is 0 Å². The predicted molar refractivity (Wildman–Crippen MR) is 116 cm³/mol. The fourth-order valence-corrected chi connectivity index (χ4v) is 5.44. The van der Waals surface area contributed by atoms with Crippen LogP contribution in [0, 0.1) is 17.1 Å². The summed E-state index contributed by atoms with van der Waals surface area (Å²) in [5.74, 6) is 0.536. The number of benzene rings is 1. The van der Waals surface area contributed by atoms with Crippen molar-refractivity contribution >= 4 is 27.7 Å². The van der Waals surface area contributed by atoms with Crippen LogP contribution < -0.4 is 4.90 Å². The maximum Gasteiger partial charge on any atom is 0.248 e. The lowest BCUT2D eigenvalue weighted by molar-refractivity contribution is -0.140. The summed E-state index contributed by atoms with van der Waals surface area (Å²) in [4.78, 5) is 21.6. The van der Waals surface area contributed by atoms with Crippen molar-refractivity contribution in [3.8, 4) is 6.07 Å². The predicted octanol–water partition coefficient (Wildman–Crippen LogP) is 3.74. The molecule has 5 rings (SSSR count). The van der Waals surface area contributed by atoms with Gasteiger partial charge in [-0.1, -0.05) is 15.9 Å². The molecule has 0 radical (unpaired) electrons. The highest BCUT2D eigenvalue weighted by Gasteiger charge is 2.48. The summed E-state index contributed by atoms with van der Waals surface area (Å²) in [5, 5.41) is 8.98. The molecule has 2 aromatic rings. The Kier molecular flexibility index (Phi) is 5.19. The minimum atomic E-state index is -0.566. The quantitative estimate of drug-likeness (QED) is 0.646. The third kappa shape index (κ3) is 3.81. The average Bonchev–Trinajstić information content (AvgIpc) is 3.53. The Labute approximate surface area is 188 Å². The molecule has 6 nitrogen and oxygen atoms in total. The molecular formula is C23H22BrFN4O2. The van der Waals surface area contributed by atoms with Crippen LogP contribution in [-0.2, 0) is 15.1 Å².